The minimum Gasteiger partial charge on any atom is -0.508 e. The molecule has 1 aliphatic heterocycles. The molecule has 1 atom stereocenters. The molecule has 2 fully saturated rings. The van der Waals surface area contributed by atoms with Crippen LogP contribution >= 0.6 is 11.6 Å². The molecule has 2 aliphatic rings. The second-order valence-electron chi connectivity index (χ2n) is 7.84. The third kappa shape index (κ3) is 4.47. The number of hydrogen-bond acceptors (Lipinski definition) is 5. The van der Waals surface area contributed by atoms with Crippen molar-refractivity contribution in [2.45, 2.75) is 57.2 Å². The summed E-state index contributed by atoms with van der Waals surface area (Å²) >= 11 is 6.06. The number of phenolic OH excluding ortho intramolecular Hbond substituents is 1. The van der Waals surface area contributed by atoms with Crippen LogP contribution in [0.3, 0.4) is 0 Å². The van der Waals surface area contributed by atoms with E-state index in [0.29, 0.717) is 17.3 Å². The highest BCUT2D eigenvalue weighted by molar-refractivity contribution is 6.30. The van der Waals surface area contributed by atoms with Crippen LogP contribution in [-0.2, 0) is 6.54 Å². The largest absolute Gasteiger partial charge is 0.508 e. The monoisotopic (exact) mass is 403 g/mol. The predicted octanol–water partition coefficient (Wildman–Crippen LogP) is 3.15. The number of hydrogen-bond donors (Lipinski definition) is 2. The Kier molecular flexibility index (Phi) is 5.82. The third-order valence-corrected chi connectivity index (χ3v) is 5.96. The fourth-order valence-electron chi connectivity index (χ4n) is 4.20. The standard InChI is InChI=1S/C20H26ClN5O2/c21-15-7-8-19(27)14(10-15)11-25-9-3-6-17(12-25)26-13-18(23-24-26)20(28)22-16-4-1-2-5-16/h7-8,10,13,16-17,27H,1-6,9,11-12H2,(H,22,28). The van der Waals surface area contributed by atoms with Gasteiger partial charge in [-0.3, -0.25) is 9.69 Å². The Morgan fingerprint density at radius 1 is 1.25 bits per heavy atom. The SMILES string of the molecule is O=C(NC1CCCC1)c1cn(C2CCCN(Cc3cc(Cl)ccc3O)C2)nn1. The topological polar surface area (TPSA) is 83.3 Å². The fourth-order valence-corrected chi connectivity index (χ4v) is 4.40. The van der Waals surface area contributed by atoms with Gasteiger partial charge in [0.25, 0.3) is 5.91 Å². The van der Waals surface area contributed by atoms with Crippen LogP contribution in [0.1, 0.15) is 60.6 Å². The van der Waals surface area contributed by atoms with Crippen molar-refractivity contribution >= 4 is 17.5 Å². The van der Waals surface area contributed by atoms with Gasteiger partial charge >= 0.3 is 0 Å². The number of amides is 1. The van der Waals surface area contributed by atoms with Crippen molar-refractivity contribution in [1.29, 1.82) is 0 Å². The molecule has 1 saturated heterocycles. The molecular weight excluding hydrogens is 378 g/mol. The van der Waals surface area contributed by atoms with Gasteiger partial charge in [0.15, 0.2) is 5.69 Å². The minimum atomic E-state index is -0.130. The normalized spacial score (nSPS) is 21.1. The number of carbonyl (C=O) groups is 1. The average molecular weight is 404 g/mol. The minimum absolute atomic E-state index is 0.130. The lowest BCUT2D eigenvalue weighted by atomic mass is 10.0. The fraction of sp³-hybridized carbons (Fsp3) is 0.550. The zero-order valence-corrected chi connectivity index (χ0v) is 16.6. The molecule has 2 heterocycles. The van der Waals surface area contributed by atoms with Crippen LogP contribution in [0.4, 0.5) is 0 Å². The smallest absolute Gasteiger partial charge is 0.273 e. The summed E-state index contributed by atoms with van der Waals surface area (Å²) in [5.41, 5.74) is 1.21. The van der Waals surface area contributed by atoms with E-state index in [0.717, 1.165) is 44.3 Å². The number of benzene rings is 1. The number of nitrogens with zero attached hydrogens (tertiary/aromatic N) is 4. The van der Waals surface area contributed by atoms with Gasteiger partial charge in [-0.25, -0.2) is 4.68 Å². The van der Waals surface area contributed by atoms with Crippen LogP contribution in [0.15, 0.2) is 24.4 Å². The molecule has 0 bridgehead atoms. The van der Waals surface area contributed by atoms with E-state index in [1.165, 1.54) is 12.8 Å². The van der Waals surface area contributed by atoms with E-state index in [-0.39, 0.29) is 23.7 Å². The van der Waals surface area contributed by atoms with Crippen LogP contribution in [-0.4, -0.2) is 50.0 Å². The lowest BCUT2D eigenvalue weighted by molar-refractivity contribution is 0.0932. The Morgan fingerprint density at radius 2 is 2.07 bits per heavy atom. The average Bonchev–Trinajstić information content (AvgIpc) is 3.37. The summed E-state index contributed by atoms with van der Waals surface area (Å²) in [4.78, 5) is 14.7. The molecule has 8 heteroatoms. The molecule has 1 saturated carbocycles. The lowest BCUT2D eigenvalue weighted by Gasteiger charge is -2.32. The van der Waals surface area contributed by atoms with Gasteiger partial charge in [-0.05, 0) is 50.4 Å². The molecular formula is C20H26ClN5O2. The van der Waals surface area contributed by atoms with Crippen molar-refractivity contribution in [1.82, 2.24) is 25.2 Å². The number of likely N-dealkylation sites (tertiary alicyclic amines) is 1. The molecule has 7 nitrogen and oxygen atoms in total. The van der Waals surface area contributed by atoms with Gasteiger partial charge in [0, 0.05) is 29.7 Å². The molecule has 4 rings (SSSR count). The Balaban J connectivity index is 1.38. The van der Waals surface area contributed by atoms with Crippen molar-refractivity contribution < 1.29 is 9.90 Å². The first-order chi connectivity index (χ1) is 13.6. The molecule has 0 spiro atoms. The molecule has 2 aromatic rings. The van der Waals surface area contributed by atoms with Gasteiger partial charge in [-0.1, -0.05) is 29.7 Å². The van der Waals surface area contributed by atoms with Crippen molar-refractivity contribution in [2.24, 2.45) is 0 Å². The van der Waals surface area contributed by atoms with Crippen molar-refractivity contribution in [3.8, 4) is 5.75 Å². The number of piperidine rings is 1. The summed E-state index contributed by atoms with van der Waals surface area (Å²) in [6, 6.07) is 5.56. The molecule has 28 heavy (non-hydrogen) atoms. The highest BCUT2D eigenvalue weighted by Gasteiger charge is 2.25. The van der Waals surface area contributed by atoms with E-state index in [1.54, 1.807) is 24.4 Å². The van der Waals surface area contributed by atoms with Gasteiger partial charge in [0.2, 0.25) is 0 Å². The number of rotatable bonds is 5. The Hall–Kier alpha value is -2.12. The van der Waals surface area contributed by atoms with Crippen LogP contribution in [0.25, 0.3) is 0 Å². The zero-order chi connectivity index (χ0) is 19.5. The second kappa shape index (κ2) is 8.49. The van der Waals surface area contributed by atoms with E-state index in [9.17, 15) is 9.90 Å². The zero-order valence-electron chi connectivity index (χ0n) is 15.9. The quantitative estimate of drug-likeness (QED) is 0.801. The van der Waals surface area contributed by atoms with E-state index in [4.69, 9.17) is 11.6 Å². The van der Waals surface area contributed by atoms with E-state index in [2.05, 4.69) is 20.5 Å². The van der Waals surface area contributed by atoms with Crippen molar-refractivity contribution in [3.05, 3.63) is 40.7 Å². The number of aromatic hydroxyl groups is 1. The molecule has 0 radical (unpaired) electrons. The summed E-state index contributed by atoms with van der Waals surface area (Å²) in [6.45, 7) is 2.37. The van der Waals surface area contributed by atoms with Gasteiger partial charge in [-0.2, -0.15) is 0 Å². The maximum atomic E-state index is 12.4. The Morgan fingerprint density at radius 3 is 2.89 bits per heavy atom. The van der Waals surface area contributed by atoms with E-state index < -0.39 is 0 Å². The van der Waals surface area contributed by atoms with Gasteiger partial charge in [-0.15, -0.1) is 5.10 Å². The predicted molar refractivity (Wildman–Crippen MR) is 106 cm³/mol. The van der Waals surface area contributed by atoms with Gasteiger partial charge in [0.05, 0.1) is 12.2 Å². The number of carbonyl (C=O) groups excluding carboxylic acids is 1. The first-order valence-corrected chi connectivity index (χ1v) is 10.4. The second-order valence-corrected chi connectivity index (χ2v) is 8.28. The lowest BCUT2D eigenvalue weighted by Crippen LogP contribution is -2.36. The summed E-state index contributed by atoms with van der Waals surface area (Å²) in [5.74, 6) is 0.132. The number of phenols is 1. The molecule has 1 amide bonds. The molecule has 1 aromatic heterocycles. The van der Waals surface area contributed by atoms with Crippen LogP contribution < -0.4 is 5.32 Å². The number of aromatic nitrogens is 3. The first-order valence-electron chi connectivity index (χ1n) is 10.0. The van der Waals surface area contributed by atoms with Crippen molar-refractivity contribution in [3.63, 3.8) is 0 Å². The first kappa shape index (κ1) is 19.2. The Bertz CT molecular complexity index is 834. The molecule has 1 aliphatic carbocycles. The number of halogens is 1. The maximum absolute atomic E-state index is 12.4. The van der Waals surface area contributed by atoms with Crippen LogP contribution in [0, 0.1) is 0 Å². The van der Waals surface area contributed by atoms with E-state index in [1.807, 2.05) is 4.68 Å². The highest BCUT2D eigenvalue weighted by Crippen LogP contribution is 2.27. The van der Waals surface area contributed by atoms with Gasteiger partial charge < -0.3 is 10.4 Å². The molecule has 1 unspecified atom stereocenters. The van der Waals surface area contributed by atoms with E-state index >= 15 is 0 Å². The van der Waals surface area contributed by atoms with Gasteiger partial charge in [0.1, 0.15) is 5.75 Å². The van der Waals surface area contributed by atoms with Crippen LogP contribution in [0.5, 0.6) is 5.75 Å². The van der Waals surface area contributed by atoms with Crippen molar-refractivity contribution in [2.75, 3.05) is 13.1 Å². The summed E-state index contributed by atoms with van der Waals surface area (Å²) < 4.78 is 1.81. The summed E-state index contributed by atoms with van der Waals surface area (Å²) in [7, 11) is 0. The number of nitrogens with one attached hydrogen (secondary N) is 1. The maximum Gasteiger partial charge on any atom is 0.273 e. The molecule has 2 N–H and O–H groups in total. The molecule has 1 aromatic carbocycles. The third-order valence-electron chi connectivity index (χ3n) is 5.72. The summed E-state index contributed by atoms with van der Waals surface area (Å²) in [5, 5.41) is 22.1. The highest BCUT2D eigenvalue weighted by atomic mass is 35.5. The Labute approximate surface area is 169 Å². The van der Waals surface area contributed by atoms with Crippen LogP contribution in [0.2, 0.25) is 5.02 Å². The molecule has 150 valence electrons. The summed E-state index contributed by atoms with van der Waals surface area (Å²) in [6.07, 6.45) is 8.23.